The lowest BCUT2D eigenvalue weighted by Crippen LogP contribution is -2.18. The second-order valence-electron chi connectivity index (χ2n) is 4.20. The maximum Gasteiger partial charge on any atom is 0.325 e. The van der Waals surface area contributed by atoms with Crippen molar-refractivity contribution in [1.29, 1.82) is 0 Å². The zero-order chi connectivity index (χ0) is 14.0. The van der Waals surface area contributed by atoms with E-state index in [1.165, 1.54) is 13.2 Å². The molecular formula is C14H15NO4. The van der Waals surface area contributed by atoms with Crippen molar-refractivity contribution < 1.29 is 14.3 Å². The summed E-state index contributed by atoms with van der Waals surface area (Å²) < 4.78 is 11.5. The lowest BCUT2D eigenvalue weighted by molar-refractivity contribution is -0.141. The maximum atomic E-state index is 12.0. The molecule has 0 bridgehead atoms. The van der Waals surface area contributed by atoms with E-state index in [1.54, 1.807) is 36.8 Å². The monoisotopic (exact) mass is 261 g/mol. The molecule has 0 amide bonds. The molecule has 0 fully saturated rings. The van der Waals surface area contributed by atoms with E-state index in [-0.39, 0.29) is 17.9 Å². The van der Waals surface area contributed by atoms with Gasteiger partial charge in [0.2, 0.25) is 0 Å². The van der Waals surface area contributed by atoms with Gasteiger partial charge in [-0.05, 0) is 25.1 Å². The minimum absolute atomic E-state index is 0.0748. The number of esters is 1. The number of rotatable bonds is 3. The summed E-state index contributed by atoms with van der Waals surface area (Å²) >= 11 is 0. The molecule has 0 aliphatic heterocycles. The van der Waals surface area contributed by atoms with Crippen LogP contribution in [0.1, 0.15) is 5.69 Å². The summed E-state index contributed by atoms with van der Waals surface area (Å²) in [5, 5.41) is 0.522. The van der Waals surface area contributed by atoms with Gasteiger partial charge in [-0.3, -0.25) is 9.59 Å². The number of fused-ring (bicyclic) bond motifs is 1. The first kappa shape index (κ1) is 13.1. The van der Waals surface area contributed by atoms with Crippen LogP contribution in [-0.2, 0) is 16.1 Å². The number of pyridine rings is 1. The van der Waals surface area contributed by atoms with Crippen molar-refractivity contribution in [3.8, 4) is 5.75 Å². The van der Waals surface area contributed by atoms with E-state index in [4.69, 9.17) is 4.74 Å². The molecule has 0 aliphatic rings. The topological polar surface area (TPSA) is 57.5 Å². The van der Waals surface area contributed by atoms with E-state index in [9.17, 15) is 9.59 Å². The Morgan fingerprint density at radius 1 is 1.26 bits per heavy atom. The number of aryl methyl sites for hydroxylation is 1. The van der Waals surface area contributed by atoms with E-state index in [0.717, 1.165) is 0 Å². The van der Waals surface area contributed by atoms with Crippen molar-refractivity contribution in [2.75, 3.05) is 14.2 Å². The number of methoxy groups -OCH3 is 2. The van der Waals surface area contributed by atoms with Crippen molar-refractivity contribution >= 4 is 16.9 Å². The molecule has 100 valence electrons. The van der Waals surface area contributed by atoms with Crippen LogP contribution in [-0.4, -0.2) is 24.8 Å². The van der Waals surface area contributed by atoms with Crippen molar-refractivity contribution in [2.24, 2.45) is 0 Å². The summed E-state index contributed by atoms with van der Waals surface area (Å²) in [5.74, 6) is 0.252. The standard InChI is InChI=1S/C14H15NO4/c1-9-6-13(16)11-7-10(18-2)4-5-12(11)15(9)8-14(17)19-3/h4-7H,8H2,1-3H3. The Morgan fingerprint density at radius 3 is 2.63 bits per heavy atom. The molecule has 0 N–H and O–H groups in total. The van der Waals surface area contributed by atoms with Gasteiger partial charge in [-0.1, -0.05) is 0 Å². The number of aromatic nitrogens is 1. The Morgan fingerprint density at radius 2 is 2.00 bits per heavy atom. The van der Waals surface area contributed by atoms with Crippen LogP contribution in [0, 0.1) is 6.92 Å². The molecule has 0 saturated carbocycles. The highest BCUT2D eigenvalue weighted by atomic mass is 16.5. The minimum Gasteiger partial charge on any atom is -0.497 e. The molecule has 0 atom stereocenters. The summed E-state index contributed by atoms with van der Waals surface area (Å²) in [4.78, 5) is 23.4. The fraction of sp³-hybridized carbons (Fsp3) is 0.286. The molecule has 1 aromatic heterocycles. The zero-order valence-corrected chi connectivity index (χ0v) is 11.1. The van der Waals surface area contributed by atoms with Gasteiger partial charge >= 0.3 is 5.97 Å². The molecule has 0 saturated heterocycles. The fourth-order valence-corrected chi connectivity index (χ4v) is 2.01. The predicted octanol–water partition coefficient (Wildman–Crippen LogP) is 1.49. The highest BCUT2D eigenvalue weighted by molar-refractivity contribution is 5.82. The number of ether oxygens (including phenoxy) is 2. The second kappa shape index (κ2) is 5.14. The van der Waals surface area contributed by atoms with E-state index in [1.807, 2.05) is 0 Å². The first-order chi connectivity index (χ1) is 9.06. The highest BCUT2D eigenvalue weighted by Gasteiger charge is 2.10. The van der Waals surface area contributed by atoms with Crippen LogP contribution in [0.25, 0.3) is 10.9 Å². The molecule has 0 radical (unpaired) electrons. The molecule has 1 heterocycles. The fourth-order valence-electron chi connectivity index (χ4n) is 2.01. The number of benzene rings is 1. The molecule has 19 heavy (non-hydrogen) atoms. The molecule has 2 aromatic rings. The Kier molecular flexibility index (Phi) is 3.55. The number of hydrogen-bond acceptors (Lipinski definition) is 4. The molecule has 5 heteroatoms. The third kappa shape index (κ3) is 2.45. The van der Waals surface area contributed by atoms with E-state index in [2.05, 4.69) is 4.74 Å². The van der Waals surface area contributed by atoms with Crippen LogP contribution in [0.4, 0.5) is 0 Å². The maximum absolute atomic E-state index is 12.0. The SMILES string of the molecule is COC(=O)Cn1c(C)cc(=O)c2cc(OC)ccc21. The van der Waals surface area contributed by atoms with Crippen LogP contribution in [0.2, 0.25) is 0 Å². The van der Waals surface area contributed by atoms with E-state index < -0.39 is 0 Å². The predicted molar refractivity (Wildman–Crippen MR) is 71.5 cm³/mol. The largest absolute Gasteiger partial charge is 0.497 e. The quantitative estimate of drug-likeness (QED) is 0.785. The Labute approximate surface area is 110 Å². The Hall–Kier alpha value is -2.30. The molecule has 5 nitrogen and oxygen atoms in total. The average molecular weight is 261 g/mol. The van der Waals surface area contributed by atoms with Crippen LogP contribution >= 0.6 is 0 Å². The van der Waals surface area contributed by atoms with Gasteiger partial charge in [-0.15, -0.1) is 0 Å². The van der Waals surface area contributed by atoms with Crippen LogP contribution in [0.5, 0.6) is 5.75 Å². The number of nitrogens with zero attached hydrogens (tertiary/aromatic N) is 1. The second-order valence-corrected chi connectivity index (χ2v) is 4.20. The molecular weight excluding hydrogens is 246 g/mol. The Balaban J connectivity index is 2.69. The van der Waals surface area contributed by atoms with Crippen molar-refractivity contribution in [3.05, 3.63) is 40.2 Å². The lowest BCUT2D eigenvalue weighted by atomic mass is 10.1. The Bertz CT molecular complexity index is 688. The molecule has 0 aliphatic carbocycles. The number of carbonyl (C=O) groups is 1. The van der Waals surface area contributed by atoms with E-state index in [0.29, 0.717) is 22.3 Å². The van der Waals surface area contributed by atoms with E-state index >= 15 is 0 Å². The summed E-state index contributed by atoms with van der Waals surface area (Å²) in [6.07, 6.45) is 0. The third-order valence-electron chi connectivity index (χ3n) is 3.04. The van der Waals surface area contributed by atoms with Crippen molar-refractivity contribution in [3.63, 3.8) is 0 Å². The van der Waals surface area contributed by atoms with Crippen LogP contribution < -0.4 is 10.2 Å². The minimum atomic E-state index is -0.358. The van der Waals surface area contributed by atoms with Crippen molar-refractivity contribution in [1.82, 2.24) is 4.57 Å². The summed E-state index contributed by atoms with van der Waals surface area (Å²) in [7, 11) is 2.88. The molecule has 0 unspecified atom stereocenters. The van der Waals surface area contributed by atoms with Gasteiger partial charge in [0, 0.05) is 17.1 Å². The summed E-state index contributed by atoms with van der Waals surface area (Å²) in [5.41, 5.74) is 1.32. The average Bonchev–Trinajstić information content (AvgIpc) is 2.42. The zero-order valence-electron chi connectivity index (χ0n) is 11.1. The van der Waals surface area contributed by atoms with Gasteiger partial charge < -0.3 is 14.0 Å². The van der Waals surface area contributed by atoms with Gasteiger partial charge in [-0.25, -0.2) is 0 Å². The molecule has 0 spiro atoms. The summed E-state index contributed by atoms with van der Waals surface area (Å²) in [6.45, 7) is 1.86. The van der Waals surface area contributed by atoms with Gasteiger partial charge in [0.05, 0.1) is 19.7 Å². The van der Waals surface area contributed by atoms with Crippen LogP contribution in [0.3, 0.4) is 0 Å². The first-order valence-electron chi connectivity index (χ1n) is 5.82. The molecule has 2 rings (SSSR count). The van der Waals surface area contributed by atoms with Gasteiger partial charge in [0.1, 0.15) is 12.3 Å². The highest BCUT2D eigenvalue weighted by Crippen LogP contribution is 2.19. The lowest BCUT2D eigenvalue weighted by Gasteiger charge is -2.13. The van der Waals surface area contributed by atoms with Gasteiger partial charge in [0.15, 0.2) is 5.43 Å². The number of carbonyl (C=O) groups excluding carboxylic acids is 1. The van der Waals surface area contributed by atoms with Gasteiger partial charge in [-0.2, -0.15) is 0 Å². The number of hydrogen-bond donors (Lipinski definition) is 0. The molecule has 1 aromatic carbocycles. The summed E-state index contributed by atoms with van der Waals surface area (Å²) in [6, 6.07) is 6.70. The normalized spacial score (nSPS) is 10.5. The third-order valence-corrected chi connectivity index (χ3v) is 3.04. The smallest absolute Gasteiger partial charge is 0.325 e. The van der Waals surface area contributed by atoms with Gasteiger partial charge in [0.25, 0.3) is 0 Å². The van der Waals surface area contributed by atoms with Crippen molar-refractivity contribution in [2.45, 2.75) is 13.5 Å². The first-order valence-corrected chi connectivity index (χ1v) is 5.82. The van der Waals surface area contributed by atoms with Crippen LogP contribution in [0.15, 0.2) is 29.1 Å².